The van der Waals surface area contributed by atoms with E-state index < -0.39 is 5.91 Å². The molecule has 3 N–H and O–H groups in total. The molecule has 0 spiro atoms. The SMILES string of the molecule is CCOc1ccc(/C=N\NC(=O)c2nnn(-c3nonc3N)c2CSc2ccc(C)cc2)cc1. The number of ether oxygens (including phenoxy) is 1. The molecule has 2 heterocycles. The van der Waals surface area contributed by atoms with Gasteiger partial charge in [-0.15, -0.1) is 16.9 Å². The molecule has 0 aliphatic heterocycles. The average Bonchev–Trinajstić information content (AvgIpc) is 3.45. The maximum Gasteiger partial charge on any atom is 0.293 e. The van der Waals surface area contributed by atoms with Gasteiger partial charge < -0.3 is 10.5 Å². The number of aromatic nitrogens is 5. The van der Waals surface area contributed by atoms with Crippen LogP contribution in [0.4, 0.5) is 5.82 Å². The Hall–Kier alpha value is -4.19. The number of thioether (sulfide) groups is 1. The van der Waals surface area contributed by atoms with Crippen LogP contribution >= 0.6 is 11.8 Å². The van der Waals surface area contributed by atoms with Crippen LogP contribution in [0, 0.1) is 6.92 Å². The molecule has 0 unspecified atom stereocenters. The minimum atomic E-state index is -0.525. The summed E-state index contributed by atoms with van der Waals surface area (Å²) in [6, 6.07) is 15.4. The van der Waals surface area contributed by atoms with E-state index in [1.165, 1.54) is 22.7 Å². The number of nitrogens with two attached hydrogens (primary N) is 1. The summed E-state index contributed by atoms with van der Waals surface area (Å²) in [4.78, 5) is 13.9. The Bertz CT molecular complexity index is 1280. The molecule has 1 amide bonds. The number of benzene rings is 2. The number of hydrogen-bond acceptors (Lipinski definition) is 10. The normalized spacial score (nSPS) is 11.1. The number of aryl methyl sites for hydroxylation is 1. The summed E-state index contributed by atoms with van der Waals surface area (Å²) in [6.45, 7) is 4.52. The zero-order valence-electron chi connectivity index (χ0n) is 18.5. The van der Waals surface area contributed by atoms with Crippen molar-refractivity contribution < 1.29 is 14.2 Å². The van der Waals surface area contributed by atoms with Gasteiger partial charge in [-0.2, -0.15) is 9.78 Å². The van der Waals surface area contributed by atoms with Gasteiger partial charge in [-0.3, -0.25) is 4.79 Å². The summed E-state index contributed by atoms with van der Waals surface area (Å²) in [5.41, 5.74) is 10.8. The van der Waals surface area contributed by atoms with Crippen molar-refractivity contribution in [3.63, 3.8) is 0 Å². The van der Waals surface area contributed by atoms with Crippen LogP contribution in [0.1, 0.15) is 34.2 Å². The number of amides is 1. The third kappa shape index (κ3) is 5.41. The van der Waals surface area contributed by atoms with Crippen molar-refractivity contribution >= 4 is 29.7 Å². The van der Waals surface area contributed by atoms with Crippen molar-refractivity contribution in [2.45, 2.75) is 24.5 Å². The molecule has 0 aliphatic rings. The fourth-order valence-electron chi connectivity index (χ4n) is 2.94. The Morgan fingerprint density at radius 1 is 1.21 bits per heavy atom. The second-order valence-corrected chi connectivity index (χ2v) is 8.12. The van der Waals surface area contributed by atoms with Gasteiger partial charge in [0.2, 0.25) is 11.6 Å². The van der Waals surface area contributed by atoms with Gasteiger partial charge in [0.15, 0.2) is 5.69 Å². The number of anilines is 1. The predicted octanol–water partition coefficient (Wildman–Crippen LogP) is 3.00. The topological polar surface area (TPSA) is 146 Å². The standard InChI is InChI=1S/C22H22N8O3S/c1-3-32-16-8-6-15(7-9-16)12-24-26-22(31)19-18(13-34-17-10-4-14(2)5-11-17)30(29-25-19)21-20(23)27-33-28-21/h4-12H,3,13H2,1-2H3,(H2,23,27)(H,26,31)/b24-12-. The van der Waals surface area contributed by atoms with E-state index in [-0.39, 0.29) is 17.3 Å². The number of hydrogen-bond donors (Lipinski definition) is 2. The third-order valence-electron chi connectivity index (χ3n) is 4.64. The molecule has 0 saturated carbocycles. The first-order valence-corrected chi connectivity index (χ1v) is 11.3. The lowest BCUT2D eigenvalue weighted by Crippen LogP contribution is -2.20. The van der Waals surface area contributed by atoms with E-state index in [0.717, 1.165) is 21.8 Å². The molecule has 11 nitrogen and oxygen atoms in total. The molecule has 34 heavy (non-hydrogen) atoms. The van der Waals surface area contributed by atoms with Crippen molar-refractivity contribution in [2.24, 2.45) is 5.10 Å². The fraction of sp³-hybridized carbons (Fsp3) is 0.182. The zero-order chi connectivity index (χ0) is 23.9. The summed E-state index contributed by atoms with van der Waals surface area (Å²) in [5, 5.41) is 19.5. The monoisotopic (exact) mass is 478 g/mol. The van der Waals surface area contributed by atoms with Gasteiger partial charge in [-0.1, -0.05) is 22.9 Å². The molecule has 0 aliphatic carbocycles. The van der Waals surface area contributed by atoms with Gasteiger partial charge in [0.05, 0.1) is 18.5 Å². The Morgan fingerprint density at radius 2 is 1.97 bits per heavy atom. The number of nitrogens with one attached hydrogen (secondary N) is 1. The summed E-state index contributed by atoms with van der Waals surface area (Å²) < 4.78 is 11.4. The molecule has 0 atom stereocenters. The van der Waals surface area contributed by atoms with Gasteiger partial charge in [-0.25, -0.2) is 10.1 Å². The van der Waals surface area contributed by atoms with E-state index in [2.05, 4.69) is 35.8 Å². The summed E-state index contributed by atoms with van der Waals surface area (Å²) in [7, 11) is 0. The molecule has 0 fully saturated rings. The number of hydrazone groups is 1. The molecule has 0 bridgehead atoms. The van der Waals surface area contributed by atoms with E-state index in [0.29, 0.717) is 18.1 Å². The maximum absolute atomic E-state index is 12.9. The molecular weight excluding hydrogens is 456 g/mol. The van der Waals surface area contributed by atoms with Crippen LogP contribution in [0.25, 0.3) is 5.82 Å². The molecule has 0 saturated heterocycles. The van der Waals surface area contributed by atoms with Crippen LogP contribution in [0.2, 0.25) is 0 Å². The van der Waals surface area contributed by atoms with E-state index in [1.54, 1.807) is 0 Å². The van der Waals surface area contributed by atoms with Gasteiger partial charge >= 0.3 is 0 Å². The summed E-state index contributed by atoms with van der Waals surface area (Å²) in [5.74, 6) is 0.796. The number of nitrogens with zero attached hydrogens (tertiary/aromatic N) is 6. The van der Waals surface area contributed by atoms with Crippen LogP contribution in [0.5, 0.6) is 5.75 Å². The second-order valence-electron chi connectivity index (χ2n) is 7.07. The lowest BCUT2D eigenvalue weighted by molar-refractivity contribution is 0.0949. The van der Waals surface area contributed by atoms with Gasteiger partial charge in [0.1, 0.15) is 5.75 Å². The first-order valence-electron chi connectivity index (χ1n) is 10.3. The van der Waals surface area contributed by atoms with Crippen LogP contribution in [0.3, 0.4) is 0 Å². The van der Waals surface area contributed by atoms with Crippen LogP contribution in [-0.4, -0.2) is 44.0 Å². The highest BCUT2D eigenvalue weighted by atomic mass is 32.2. The summed E-state index contributed by atoms with van der Waals surface area (Å²) in [6.07, 6.45) is 1.53. The first-order chi connectivity index (χ1) is 16.5. The van der Waals surface area contributed by atoms with E-state index >= 15 is 0 Å². The van der Waals surface area contributed by atoms with Crippen molar-refractivity contribution in [1.82, 2.24) is 30.7 Å². The van der Waals surface area contributed by atoms with Crippen molar-refractivity contribution in [1.29, 1.82) is 0 Å². The smallest absolute Gasteiger partial charge is 0.293 e. The lowest BCUT2D eigenvalue weighted by atomic mass is 10.2. The van der Waals surface area contributed by atoms with Gasteiger partial charge in [-0.05, 0) is 66.1 Å². The van der Waals surface area contributed by atoms with Crippen molar-refractivity contribution in [2.75, 3.05) is 12.3 Å². The minimum Gasteiger partial charge on any atom is -0.494 e. The number of carbonyl (C=O) groups excluding carboxylic acids is 1. The Kier molecular flexibility index (Phi) is 7.18. The Balaban J connectivity index is 1.52. The lowest BCUT2D eigenvalue weighted by Gasteiger charge is -2.06. The minimum absolute atomic E-state index is 0.0342. The molecule has 2 aromatic heterocycles. The van der Waals surface area contributed by atoms with Crippen LogP contribution in [-0.2, 0) is 5.75 Å². The van der Waals surface area contributed by atoms with Crippen LogP contribution in [0.15, 0.2) is 63.2 Å². The van der Waals surface area contributed by atoms with Gasteiger partial charge in [0, 0.05) is 10.6 Å². The van der Waals surface area contributed by atoms with E-state index in [9.17, 15) is 4.79 Å². The highest BCUT2D eigenvalue weighted by molar-refractivity contribution is 7.98. The van der Waals surface area contributed by atoms with Crippen molar-refractivity contribution in [3.05, 3.63) is 71.0 Å². The number of rotatable bonds is 9. The number of nitrogen functional groups attached to an aromatic ring is 1. The molecular formula is C22H22N8O3S. The molecule has 2 aromatic carbocycles. The molecule has 174 valence electrons. The van der Waals surface area contributed by atoms with Crippen molar-refractivity contribution in [3.8, 4) is 11.6 Å². The fourth-order valence-corrected chi connectivity index (χ4v) is 3.83. The van der Waals surface area contributed by atoms with Gasteiger partial charge in [0.25, 0.3) is 5.91 Å². The zero-order valence-corrected chi connectivity index (χ0v) is 19.3. The highest BCUT2D eigenvalue weighted by Crippen LogP contribution is 2.26. The molecule has 4 aromatic rings. The number of carbonyl (C=O) groups is 1. The third-order valence-corrected chi connectivity index (χ3v) is 5.67. The Morgan fingerprint density at radius 3 is 2.65 bits per heavy atom. The highest BCUT2D eigenvalue weighted by Gasteiger charge is 2.24. The second kappa shape index (κ2) is 10.6. The first kappa shape index (κ1) is 23.0. The largest absolute Gasteiger partial charge is 0.494 e. The van der Waals surface area contributed by atoms with E-state index in [1.807, 2.05) is 62.4 Å². The van der Waals surface area contributed by atoms with Crippen LogP contribution < -0.4 is 15.9 Å². The summed E-state index contributed by atoms with van der Waals surface area (Å²) >= 11 is 1.51. The molecule has 0 radical (unpaired) electrons. The maximum atomic E-state index is 12.9. The molecule has 4 rings (SSSR count). The average molecular weight is 479 g/mol. The molecule has 12 heteroatoms. The quantitative estimate of drug-likeness (QED) is 0.210. The predicted molar refractivity (Wildman–Crippen MR) is 127 cm³/mol. The Labute approximate surface area is 199 Å². The van der Waals surface area contributed by atoms with E-state index in [4.69, 9.17) is 10.5 Å².